The molecule has 0 radical (unpaired) electrons. The van der Waals surface area contributed by atoms with Crippen LogP contribution < -0.4 is 14.3 Å². The number of anilines is 2. The van der Waals surface area contributed by atoms with E-state index in [-0.39, 0.29) is 28.2 Å². The third kappa shape index (κ3) is 6.32. The highest BCUT2D eigenvalue weighted by atomic mass is 35.5. The smallest absolute Gasteiger partial charge is 0.264 e. The fraction of sp³-hybridized carbons (Fsp3) is 0.269. The SMILES string of the molecule is CC(C)NS(=O)(=O)c1ccc(CCC(=O)Nc2ccc3c(c2)N(S(=O)(=O)c2ccc(Cl)cc2)CC3)cc1. The van der Waals surface area contributed by atoms with E-state index >= 15 is 0 Å². The molecule has 1 aliphatic heterocycles. The fourth-order valence-corrected chi connectivity index (χ4v) is 6.98. The van der Waals surface area contributed by atoms with Crippen LogP contribution in [0.5, 0.6) is 0 Å². The van der Waals surface area contributed by atoms with E-state index in [0.717, 1.165) is 11.1 Å². The zero-order valence-corrected chi connectivity index (χ0v) is 22.8. The van der Waals surface area contributed by atoms with Gasteiger partial charge in [-0.05, 0) is 86.3 Å². The number of nitrogens with zero attached hydrogens (tertiary/aromatic N) is 1. The van der Waals surface area contributed by atoms with Gasteiger partial charge in [0, 0.05) is 29.7 Å². The molecule has 11 heteroatoms. The van der Waals surface area contributed by atoms with E-state index in [2.05, 4.69) is 10.0 Å². The first-order chi connectivity index (χ1) is 17.5. The van der Waals surface area contributed by atoms with Crippen LogP contribution in [0.25, 0.3) is 0 Å². The molecule has 0 spiro atoms. The molecule has 0 saturated carbocycles. The van der Waals surface area contributed by atoms with Gasteiger partial charge in [-0.1, -0.05) is 29.8 Å². The fourth-order valence-electron chi connectivity index (χ4n) is 4.11. The number of rotatable bonds is 9. The largest absolute Gasteiger partial charge is 0.326 e. The molecule has 0 fully saturated rings. The molecule has 0 aliphatic carbocycles. The Bertz CT molecular complexity index is 1500. The molecule has 1 aliphatic rings. The number of hydrogen-bond acceptors (Lipinski definition) is 5. The lowest BCUT2D eigenvalue weighted by Gasteiger charge is -2.20. The van der Waals surface area contributed by atoms with Crippen LogP contribution in [-0.4, -0.2) is 35.3 Å². The van der Waals surface area contributed by atoms with Gasteiger partial charge in [0.25, 0.3) is 10.0 Å². The van der Waals surface area contributed by atoms with Crippen LogP contribution in [0.1, 0.15) is 31.4 Å². The maximum Gasteiger partial charge on any atom is 0.264 e. The third-order valence-electron chi connectivity index (χ3n) is 5.89. The first-order valence-electron chi connectivity index (χ1n) is 11.8. The van der Waals surface area contributed by atoms with Crippen LogP contribution in [0.3, 0.4) is 0 Å². The summed E-state index contributed by atoms with van der Waals surface area (Å²) < 4.78 is 54.8. The minimum absolute atomic E-state index is 0.151. The summed E-state index contributed by atoms with van der Waals surface area (Å²) in [5.41, 5.74) is 2.76. The van der Waals surface area contributed by atoms with Gasteiger partial charge in [0.05, 0.1) is 15.5 Å². The Morgan fingerprint density at radius 1 is 0.946 bits per heavy atom. The zero-order valence-electron chi connectivity index (χ0n) is 20.4. The van der Waals surface area contributed by atoms with Gasteiger partial charge in [-0.3, -0.25) is 9.10 Å². The molecule has 3 aromatic carbocycles. The predicted molar refractivity (Wildman–Crippen MR) is 145 cm³/mol. The van der Waals surface area contributed by atoms with Crippen molar-refractivity contribution in [2.24, 2.45) is 0 Å². The Hall–Kier alpha value is -2.92. The van der Waals surface area contributed by atoms with Gasteiger partial charge in [0.2, 0.25) is 15.9 Å². The van der Waals surface area contributed by atoms with Crippen molar-refractivity contribution in [3.05, 3.63) is 82.9 Å². The summed E-state index contributed by atoms with van der Waals surface area (Å²) in [6, 6.07) is 17.5. The number of fused-ring (bicyclic) bond motifs is 1. The molecule has 8 nitrogen and oxygen atoms in total. The molecule has 1 amide bonds. The van der Waals surface area contributed by atoms with Crippen molar-refractivity contribution in [1.29, 1.82) is 0 Å². The highest BCUT2D eigenvalue weighted by Crippen LogP contribution is 2.35. The second kappa shape index (κ2) is 10.8. The number of aryl methyl sites for hydroxylation is 1. The Morgan fingerprint density at radius 2 is 1.59 bits per heavy atom. The number of nitrogens with one attached hydrogen (secondary N) is 2. The van der Waals surface area contributed by atoms with E-state index in [0.29, 0.717) is 35.8 Å². The summed E-state index contributed by atoms with van der Waals surface area (Å²) in [5, 5.41) is 3.29. The molecule has 0 aromatic heterocycles. The van der Waals surface area contributed by atoms with Crippen molar-refractivity contribution in [1.82, 2.24) is 4.72 Å². The van der Waals surface area contributed by atoms with Crippen LogP contribution in [0.2, 0.25) is 5.02 Å². The molecule has 0 saturated heterocycles. The Morgan fingerprint density at radius 3 is 2.24 bits per heavy atom. The van der Waals surface area contributed by atoms with E-state index in [1.54, 1.807) is 38.1 Å². The van der Waals surface area contributed by atoms with Crippen molar-refractivity contribution >= 4 is 48.9 Å². The molecule has 0 bridgehead atoms. The van der Waals surface area contributed by atoms with Crippen molar-refractivity contribution in [2.45, 2.75) is 48.9 Å². The molecular weight excluding hydrogens is 534 g/mol. The summed E-state index contributed by atoms with van der Waals surface area (Å²) in [6.07, 6.45) is 1.18. The maximum atomic E-state index is 13.2. The first-order valence-corrected chi connectivity index (χ1v) is 15.1. The number of amides is 1. The van der Waals surface area contributed by atoms with Crippen molar-refractivity contribution in [3.63, 3.8) is 0 Å². The number of benzene rings is 3. The zero-order chi connectivity index (χ0) is 26.8. The molecule has 196 valence electrons. The predicted octanol–water partition coefficient (Wildman–Crippen LogP) is 4.35. The maximum absolute atomic E-state index is 13.2. The topological polar surface area (TPSA) is 113 Å². The minimum Gasteiger partial charge on any atom is -0.326 e. The molecular formula is C26H28ClN3O5S2. The molecule has 4 rings (SSSR count). The lowest BCUT2D eigenvalue weighted by molar-refractivity contribution is -0.116. The Labute approximate surface area is 222 Å². The van der Waals surface area contributed by atoms with Crippen LogP contribution in [-0.2, 0) is 37.7 Å². The van der Waals surface area contributed by atoms with Gasteiger partial charge < -0.3 is 5.32 Å². The highest BCUT2D eigenvalue weighted by Gasteiger charge is 2.31. The average molecular weight is 562 g/mol. The molecule has 1 heterocycles. The van der Waals surface area contributed by atoms with Crippen molar-refractivity contribution < 1.29 is 21.6 Å². The second-order valence-electron chi connectivity index (χ2n) is 9.09. The lowest BCUT2D eigenvalue weighted by atomic mass is 10.1. The lowest BCUT2D eigenvalue weighted by Crippen LogP contribution is -2.30. The van der Waals surface area contributed by atoms with Gasteiger partial charge in [-0.25, -0.2) is 21.6 Å². The Kier molecular flexibility index (Phi) is 7.94. The number of halogens is 1. The molecule has 0 unspecified atom stereocenters. The molecule has 2 N–H and O–H groups in total. The van der Waals surface area contributed by atoms with Gasteiger partial charge in [0.1, 0.15) is 0 Å². The minimum atomic E-state index is -3.77. The summed E-state index contributed by atoms with van der Waals surface area (Å²) in [4.78, 5) is 12.9. The van der Waals surface area contributed by atoms with E-state index in [9.17, 15) is 21.6 Å². The highest BCUT2D eigenvalue weighted by molar-refractivity contribution is 7.92. The summed E-state index contributed by atoms with van der Waals surface area (Å²) in [5.74, 6) is -0.233. The monoisotopic (exact) mass is 561 g/mol. The number of hydrogen-bond donors (Lipinski definition) is 2. The summed E-state index contributed by atoms with van der Waals surface area (Å²) >= 11 is 5.90. The van der Waals surface area contributed by atoms with Gasteiger partial charge in [-0.2, -0.15) is 0 Å². The number of sulfonamides is 2. The normalized spacial score (nSPS) is 13.6. The Balaban J connectivity index is 1.41. The number of carbonyl (C=O) groups excluding carboxylic acids is 1. The first kappa shape index (κ1) is 27.1. The van der Waals surface area contributed by atoms with Crippen LogP contribution in [0, 0.1) is 0 Å². The van der Waals surface area contributed by atoms with Crippen LogP contribution in [0.15, 0.2) is 76.5 Å². The van der Waals surface area contributed by atoms with Crippen molar-refractivity contribution in [2.75, 3.05) is 16.2 Å². The van der Waals surface area contributed by atoms with E-state index < -0.39 is 20.0 Å². The van der Waals surface area contributed by atoms with E-state index in [1.807, 2.05) is 6.07 Å². The quantitative estimate of drug-likeness (QED) is 0.403. The summed E-state index contributed by atoms with van der Waals surface area (Å²) in [7, 11) is -7.34. The van der Waals surface area contributed by atoms with E-state index in [4.69, 9.17) is 11.6 Å². The number of carbonyl (C=O) groups is 1. The molecule has 0 atom stereocenters. The van der Waals surface area contributed by atoms with E-state index in [1.165, 1.54) is 40.7 Å². The van der Waals surface area contributed by atoms with Gasteiger partial charge >= 0.3 is 0 Å². The van der Waals surface area contributed by atoms with Crippen LogP contribution >= 0.6 is 11.6 Å². The molecule has 3 aromatic rings. The summed E-state index contributed by atoms with van der Waals surface area (Å²) in [6.45, 7) is 3.82. The van der Waals surface area contributed by atoms with Crippen LogP contribution in [0.4, 0.5) is 11.4 Å². The third-order valence-corrected chi connectivity index (χ3v) is 9.64. The average Bonchev–Trinajstić information content (AvgIpc) is 3.27. The standard InChI is InChI=1S/C26H28ClN3O5S2/c1-18(2)29-36(32,33)23-10-3-19(4-11-23)5-14-26(31)28-22-9-6-20-15-16-30(25(20)17-22)37(34,35)24-12-7-21(27)8-13-24/h3-4,6-13,17-18,29H,5,14-16H2,1-2H3,(H,28,31). The van der Waals surface area contributed by atoms with Gasteiger partial charge in [-0.15, -0.1) is 0 Å². The second-order valence-corrected chi connectivity index (χ2v) is 13.1. The van der Waals surface area contributed by atoms with Gasteiger partial charge in [0.15, 0.2) is 0 Å². The molecule has 37 heavy (non-hydrogen) atoms. The van der Waals surface area contributed by atoms with Crippen molar-refractivity contribution in [3.8, 4) is 0 Å².